The third-order valence-corrected chi connectivity index (χ3v) is 5.74. The number of hydrogen-bond donors (Lipinski definition) is 0. The van der Waals surface area contributed by atoms with Gasteiger partial charge < -0.3 is 9.30 Å². The Kier molecular flexibility index (Phi) is 7.02. The summed E-state index contributed by atoms with van der Waals surface area (Å²) in [7, 11) is 1.72. The Labute approximate surface area is 195 Å². The quantitative estimate of drug-likeness (QED) is 0.440. The van der Waals surface area contributed by atoms with Gasteiger partial charge in [-0.3, -0.25) is 4.79 Å². The second-order valence-electron chi connectivity index (χ2n) is 8.16. The van der Waals surface area contributed by atoms with Crippen LogP contribution in [0.15, 0.2) is 47.4 Å². The summed E-state index contributed by atoms with van der Waals surface area (Å²) in [6.45, 7) is 4.98. The lowest BCUT2D eigenvalue weighted by Gasteiger charge is -2.21. The first-order valence-corrected chi connectivity index (χ1v) is 11.0. The zero-order valence-electron chi connectivity index (χ0n) is 19.3. The van der Waals surface area contributed by atoms with Crippen molar-refractivity contribution in [2.24, 2.45) is 7.05 Å². The van der Waals surface area contributed by atoms with Crippen molar-refractivity contribution in [3.8, 4) is 11.3 Å². The molecule has 0 aliphatic carbocycles. The van der Waals surface area contributed by atoms with Crippen LogP contribution in [0, 0.1) is 25.5 Å². The first-order valence-electron chi connectivity index (χ1n) is 11.0. The molecule has 1 fully saturated rings. The Bertz CT molecular complexity index is 1380. The summed E-state index contributed by atoms with van der Waals surface area (Å²) >= 11 is 0. The van der Waals surface area contributed by atoms with Crippen molar-refractivity contribution in [3.05, 3.63) is 81.8 Å². The molecule has 0 amide bonds. The summed E-state index contributed by atoms with van der Waals surface area (Å²) in [4.78, 5) is 28.9. The van der Waals surface area contributed by atoms with E-state index in [1.165, 1.54) is 22.8 Å². The van der Waals surface area contributed by atoms with E-state index in [0.717, 1.165) is 30.3 Å². The van der Waals surface area contributed by atoms with Crippen LogP contribution in [0.3, 0.4) is 0 Å². The second kappa shape index (κ2) is 10.1. The van der Waals surface area contributed by atoms with Crippen LogP contribution in [0.4, 0.5) is 8.78 Å². The van der Waals surface area contributed by atoms with E-state index in [-0.39, 0.29) is 17.0 Å². The van der Waals surface area contributed by atoms with Crippen LogP contribution in [-0.2, 0) is 11.8 Å². The standard InChI is InChI=1S/C19H18F2N4O.C6H7NO/c1-10-11(2)23-19-17(22-10)16(14-4-3-13(20)9-15(14)21)24-18(25-19)12-5-7-26-8-6-12;1-7-5-3-2-4-6(7)8/h3-4,9,12H,5-8H2,1-2H3;2-5H,1H3. The van der Waals surface area contributed by atoms with Crippen molar-refractivity contribution in [3.63, 3.8) is 0 Å². The van der Waals surface area contributed by atoms with Crippen LogP contribution < -0.4 is 5.56 Å². The average Bonchev–Trinajstić information content (AvgIpc) is 2.82. The number of rotatable bonds is 2. The molecule has 0 N–H and O–H groups in total. The molecule has 34 heavy (non-hydrogen) atoms. The predicted molar refractivity (Wildman–Crippen MR) is 124 cm³/mol. The lowest BCUT2D eigenvalue weighted by atomic mass is 9.99. The molecule has 0 unspecified atom stereocenters. The number of hydrogen-bond acceptors (Lipinski definition) is 6. The van der Waals surface area contributed by atoms with Gasteiger partial charge in [0.15, 0.2) is 5.65 Å². The first kappa shape index (κ1) is 23.6. The highest BCUT2D eigenvalue weighted by Gasteiger charge is 2.23. The molecule has 1 saturated heterocycles. The van der Waals surface area contributed by atoms with Crippen LogP contribution in [0.25, 0.3) is 22.4 Å². The van der Waals surface area contributed by atoms with E-state index in [1.54, 1.807) is 19.3 Å². The van der Waals surface area contributed by atoms with Gasteiger partial charge in [-0.05, 0) is 44.9 Å². The number of aryl methyl sites for hydroxylation is 3. The highest BCUT2D eigenvalue weighted by Crippen LogP contribution is 2.31. The van der Waals surface area contributed by atoms with Gasteiger partial charge in [-0.1, -0.05) is 6.07 Å². The highest BCUT2D eigenvalue weighted by atomic mass is 19.1. The van der Waals surface area contributed by atoms with Gasteiger partial charge in [-0.25, -0.2) is 28.7 Å². The fourth-order valence-corrected chi connectivity index (χ4v) is 3.64. The molecular weight excluding hydrogens is 440 g/mol. The topological polar surface area (TPSA) is 82.8 Å². The molecule has 1 aromatic carbocycles. The lowest BCUT2D eigenvalue weighted by molar-refractivity contribution is 0.0836. The Morgan fingerprint density at radius 2 is 1.71 bits per heavy atom. The Balaban J connectivity index is 0.000000291. The van der Waals surface area contributed by atoms with Gasteiger partial charge in [-0.15, -0.1) is 0 Å². The minimum absolute atomic E-state index is 0.0347. The molecule has 4 heterocycles. The van der Waals surface area contributed by atoms with E-state index in [2.05, 4.69) is 19.9 Å². The summed E-state index contributed by atoms with van der Waals surface area (Å²) < 4.78 is 34.7. The second-order valence-corrected chi connectivity index (χ2v) is 8.16. The maximum atomic E-state index is 14.4. The SMILES string of the molecule is Cc1nc2nc(C3CCOCC3)nc(-c3ccc(F)cc3F)c2nc1C.Cn1ccccc1=O. The van der Waals surface area contributed by atoms with Gasteiger partial charge in [0.25, 0.3) is 0 Å². The summed E-state index contributed by atoms with van der Waals surface area (Å²) in [5.74, 6) is -0.578. The normalized spacial score (nSPS) is 14.0. The zero-order valence-corrected chi connectivity index (χ0v) is 19.3. The van der Waals surface area contributed by atoms with Crippen LogP contribution in [0.5, 0.6) is 0 Å². The molecule has 0 saturated carbocycles. The molecule has 176 valence electrons. The van der Waals surface area contributed by atoms with E-state index in [4.69, 9.17) is 4.74 Å². The number of pyridine rings is 1. The van der Waals surface area contributed by atoms with E-state index in [0.29, 0.717) is 35.9 Å². The van der Waals surface area contributed by atoms with Gasteiger partial charge in [0.1, 0.15) is 28.7 Å². The summed E-state index contributed by atoms with van der Waals surface area (Å²) in [6, 6.07) is 8.53. The van der Waals surface area contributed by atoms with Crippen LogP contribution in [-0.4, -0.2) is 37.7 Å². The van der Waals surface area contributed by atoms with E-state index < -0.39 is 11.6 Å². The maximum Gasteiger partial charge on any atom is 0.250 e. The molecule has 9 heteroatoms. The molecule has 3 aromatic heterocycles. The van der Waals surface area contributed by atoms with Crippen LogP contribution >= 0.6 is 0 Å². The van der Waals surface area contributed by atoms with Gasteiger partial charge in [0.2, 0.25) is 5.56 Å². The smallest absolute Gasteiger partial charge is 0.250 e. The van der Waals surface area contributed by atoms with E-state index in [9.17, 15) is 13.6 Å². The number of nitrogens with zero attached hydrogens (tertiary/aromatic N) is 5. The van der Waals surface area contributed by atoms with Crippen molar-refractivity contribution in [1.82, 2.24) is 24.5 Å². The molecule has 0 spiro atoms. The van der Waals surface area contributed by atoms with E-state index in [1.807, 2.05) is 19.9 Å². The third-order valence-electron chi connectivity index (χ3n) is 5.74. The monoisotopic (exact) mass is 465 g/mol. The average molecular weight is 466 g/mol. The van der Waals surface area contributed by atoms with Crippen molar-refractivity contribution in [2.75, 3.05) is 13.2 Å². The Morgan fingerprint density at radius 1 is 0.971 bits per heavy atom. The fraction of sp³-hybridized carbons (Fsp3) is 0.320. The van der Waals surface area contributed by atoms with Crippen LogP contribution in [0.1, 0.15) is 36.0 Å². The predicted octanol–water partition coefficient (Wildman–Crippen LogP) is 4.26. The number of aromatic nitrogens is 5. The Hall–Kier alpha value is -3.59. The minimum Gasteiger partial charge on any atom is -0.381 e. The fourth-order valence-electron chi connectivity index (χ4n) is 3.64. The summed E-state index contributed by atoms with van der Waals surface area (Å²) in [5.41, 5.74) is 2.93. The largest absolute Gasteiger partial charge is 0.381 e. The van der Waals surface area contributed by atoms with Gasteiger partial charge in [0.05, 0.1) is 11.4 Å². The zero-order chi connectivity index (χ0) is 24.2. The van der Waals surface area contributed by atoms with Crippen molar-refractivity contribution < 1.29 is 13.5 Å². The molecule has 0 radical (unpaired) electrons. The molecule has 7 nitrogen and oxygen atoms in total. The molecule has 1 aliphatic rings. The molecule has 0 atom stereocenters. The first-order chi connectivity index (χ1) is 16.3. The number of fused-ring (bicyclic) bond motifs is 1. The molecule has 0 bridgehead atoms. The maximum absolute atomic E-state index is 14.4. The summed E-state index contributed by atoms with van der Waals surface area (Å²) in [6.07, 6.45) is 3.33. The Morgan fingerprint density at radius 3 is 2.35 bits per heavy atom. The van der Waals surface area contributed by atoms with E-state index >= 15 is 0 Å². The third kappa shape index (κ3) is 5.14. The molecule has 1 aliphatic heterocycles. The van der Waals surface area contributed by atoms with Gasteiger partial charge >= 0.3 is 0 Å². The van der Waals surface area contributed by atoms with Crippen molar-refractivity contribution in [1.29, 1.82) is 0 Å². The highest BCUT2D eigenvalue weighted by molar-refractivity contribution is 5.87. The van der Waals surface area contributed by atoms with Crippen molar-refractivity contribution >= 4 is 11.2 Å². The van der Waals surface area contributed by atoms with Crippen LogP contribution in [0.2, 0.25) is 0 Å². The lowest BCUT2D eigenvalue weighted by Crippen LogP contribution is -2.17. The summed E-state index contributed by atoms with van der Waals surface area (Å²) in [5, 5.41) is 0. The minimum atomic E-state index is -0.678. The van der Waals surface area contributed by atoms with Gasteiger partial charge in [0, 0.05) is 50.1 Å². The number of ether oxygens (including phenoxy) is 1. The molecule has 4 aromatic rings. The van der Waals surface area contributed by atoms with Crippen molar-refractivity contribution in [2.45, 2.75) is 32.6 Å². The molecule has 5 rings (SSSR count). The number of halogens is 2. The molecular formula is C25H25F2N5O2. The van der Waals surface area contributed by atoms with Gasteiger partial charge in [-0.2, -0.15) is 0 Å². The number of benzene rings is 1.